The molecule has 1 rings (SSSR count). The molecular weight excluding hydrogens is 284 g/mol. The summed E-state index contributed by atoms with van der Waals surface area (Å²) >= 11 is 0. The Morgan fingerprint density at radius 3 is 2.00 bits per heavy atom. The molecule has 0 unspecified atom stereocenters. The third-order valence-corrected chi connectivity index (χ3v) is 4.39. The molecule has 0 fully saturated rings. The van der Waals surface area contributed by atoms with Crippen LogP contribution in [0.3, 0.4) is 0 Å². The minimum atomic E-state index is 0.111. The van der Waals surface area contributed by atoms with Gasteiger partial charge >= 0.3 is 0 Å². The van der Waals surface area contributed by atoms with Crippen molar-refractivity contribution in [2.45, 2.75) is 91.4 Å². The van der Waals surface area contributed by atoms with E-state index in [0.29, 0.717) is 12.2 Å². The Balaban J connectivity index is 2.81. The maximum atomic E-state index is 11.5. The lowest BCUT2D eigenvalue weighted by atomic mass is 9.94. The number of Topliss-reactive ketones (excluding diaryl/α,β-unsaturated/α-hetero) is 1. The van der Waals surface area contributed by atoms with Crippen LogP contribution in [-0.2, 0) is 24.1 Å². The Morgan fingerprint density at radius 2 is 1.43 bits per heavy atom. The number of phenols is 1. The normalized spacial score (nSPS) is 10.9. The molecule has 0 aromatic heterocycles. The van der Waals surface area contributed by atoms with Crippen molar-refractivity contribution in [3.8, 4) is 5.75 Å². The van der Waals surface area contributed by atoms with Gasteiger partial charge in [0.05, 0.1) is 0 Å². The van der Waals surface area contributed by atoms with E-state index in [4.69, 9.17) is 0 Å². The average Bonchev–Trinajstić information content (AvgIpc) is 2.51. The van der Waals surface area contributed by atoms with Crippen LogP contribution in [0.1, 0.15) is 88.8 Å². The summed E-state index contributed by atoms with van der Waals surface area (Å²) < 4.78 is 0. The van der Waals surface area contributed by atoms with Crippen LogP contribution in [0.5, 0.6) is 5.75 Å². The van der Waals surface area contributed by atoms with Crippen LogP contribution in [0.2, 0.25) is 0 Å². The first-order valence-corrected chi connectivity index (χ1v) is 9.41. The van der Waals surface area contributed by atoms with Crippen molar-refractivity contribution in [3.63, 3.8) is 0 Å². The van der Waals surface area contributed by atoms with Crippen molar-refractivity contribution in [1.29, 1.82) is 0 Å². The van der Waals surface area contributed by atoms with Gasteiger partial charge in [0.25, 0.3) is 0 Å². The smallest absolute Gasteiger partial charge is 0.134 e. The van der Waals surface area contributed by atoms with Gasteiger partial charge in [0.15, 0.2) is 0 Å². The minimum Gasteiger partial charge on any atom is -0.507 e. The van der Waals surface area contributed by atoms with Crippen molar-refractivity contribution in [2.75, 3.05) is 0 Å². The minimum absolute atomic E-state index is 0.111. The number of benzene rings is 1. The maximum absolute atomic E-state index is 11.5. The number of hydrogen-bond donors (Lipinski definition) is 1. The number of hydrogen-bond acceptors (Lipinski definition) is 2. The van der Waals surface area contributed by atoms with E-state index in [9.17, 15) is 9.90 Å². The van der Waals surface area contributed by atoms with E-state index in [2.05, 4.69) is 19.9 Å². The van der Waals surface area contributed by atoms with Gasteiger partial charge in [0.2, 0.25) is 0 Å². The first-order valence-electron chi connectivity index (χ1n) is 9.41. The topological polar surface area (TPSA) is 37.3 Å². The van der Waals surface area contributed by atoms with Gasteiger partial charge < -0.3 is 5.11 Å². The van der Waals surface area contributed by atoms with Crippen molar-refractivity contribution >= 4 is 5.78 Å². The summed E-state index contributed by atoms with van der Waals surface area (Å²) in [7, 11) is 0. The molecule has 0 radical (unpaired) electrons. The van der Waals surface area contributed by atoms with Crippen LogP contribution in [0.15, 0.2) is 12.1 Å². The highest BCUT2D eigenvalue weighted by molar-refractivity contribution is 5.79. The second-order valence-electron chi connectivity index (χ2n) is 6.76. The van der Waals surface area contributed by atoms with Gasteiger partial charge in [-0.05, 0) is 43.7 Å². The number of rotatable bonds is 12. The summed E-state index contributed by atoms with van der Waals surface area (Å²) in [6, 6.07) is 4.20. The number of phenolic OH excluding ortho intramolecular Hbond substituents is 1. The van der Waals surface area contributed by atoms with Gasteiger partial charge in [-0.2, -0.15) is 0 Å². The highest BCUT2D eigenvalue weighted by Gasteiger charge is 2.11. The molecular formula is C21H34O2. The number of aryl methyl sites for hydroxylation is 2. The van der Waals surface area contributed by atoms with E-state index in [1.165, 1.54) is 50.5 Å². The van der Waals surface area contributed by atoms with Crippen molar-refractivity contribution < 1.29 is 9.90 Å². The summed E-state index contributed by atoms with van der Waals surface area (Å²) in [6.07, 6.45) is 12.1. The summed E-state index contributed by atoms with van der Waals surface area (Å²) in [4.78, 5) is 11.5. The highest BCUT2D eigenvalue weighted by Crippen LogP contribution is 2.28. The fourth-order valence-electron chi connectivity index (χ4n) is 3.07. The van der Waals surface area contributed by atoms with E-state index >= 15 is 0 Å². The summed E-state index contributed by atoms with van der Waals surface area (Å²) in [5, 5.41) is 10.5. The molecule has 0 heterocycles. The van der Waals surface area contributed by atoms with E-state index in [1.807, 2.05) is 6.07 Å². The third-order valence-electron chi connectivity index (χ3n) is 4.39. The Labute approximate surface area is 142 Å². The monoisotopic (exact) mass is 318 g/mol. The van der Waals surface area contributed by atoms with Gasteiger partial charge in [-0.25, -0.2) is 0 Å². The van der Waals surface area contributed by atoms with E-state index in [-0.39, 0.29) is 5.78 Å². The summed E-state index contributed by atoms with van der Waals surface area (Å²) in [5.74, 6) is 0.467. The van der Waals surface area contributed by atoms with E-state index < -0.39 is 0 Å². The van der Waals surface area contributed by atoms with Crippen LogP contribution < -0.4 is 0 Å². The molecule has 0 aliphatic heterocycles. The molecule has 0 spiro atoms. The Kier molecular flexibility index (Phi) is 9.66. The zero-order chi connectivity index (χ0) is 17.1. The third kappa shape index (κ3) is 7.67. The number of carbonyl (C=O) groups is 1. The maximum Gasteiger partial charge on any atom is 0.134 e. The Hall–Kier alpha value is -1.31. The van der Waals surface area contributed by atoms with E-state index in [0.717, 1.165) is 30.4 Å². The molecule has 1 N–H and O–H groups in total. The van der Waals surface area contributed by atoms with Crippen LogP contribution in [0.25, 0.3) is 0 Å². The average molecular weight is 319 g/mol. The zero-order valence-electron chi connectivity index (χ0n) is 15.3. The van der Waals surface area contributed by atoms with Gasteiger partial charge in [-0.15, -0.1) is 0 Å². The molecule has 0 saturated heterocycles. The number of aromatic hydroxyl groups is 1. The molecule has 0 amide bonds. The first-order chi connectivity index (χ1) is 11.1. The van der Waals surface area contributed by atoms with Crippen molar-refractivity contribution in [2.24, 2.45) is 0 Å². The largest absolute Gasteiger partial charge is 0.507 e. The van der Waals surface area contributed by atoms with Gasteiger partial charge in [-0.3, -0.25) is 4.79 Å². The molecule has 0 atom stereocenters. The zero-order valence-corrected chi connectivity index (χ0v) is 15.3. The summed E-state index contributed by atoms with van der Waals surface area (Å²) in [5.41, 5.74) is 3.13. The number of unbranched alkanes of at least 4 members (excludes halogenated alkanes) is 6. The molecule has 2 heteroatoms. The molecule has 1 aromatic rings. The van der Waals surface area contributed by atoms with Crippen LogP contribution in [0.4, 0.5) is 0 Å². The van der Waals surface area contributed by atoms with Gasteiger partial charge in [0, 0.05) is 12.0 Å². The molecule has 2 nitrogen and oxygen atoms in total. The fraction of sp³-hybridized carbons (Fsp3) is 0.667. The Morgan fingerprint density at radius 1 is 0.870 bits per heavy atom. The standard InChI is InChI=1S/C21H34O2/c1-4-6-8-10-12-18-15-19(13-11-9-7-5-2)21(23)20(16-18)14-17(3)22/h15-16,23H,4-14H2,1-3H3. The van der Waals surface area contributed by atoms with Gasteiger partial charge in [-0.1, -0.05) is 64.5 Å². The molecule has 0 aliphatic carbocycles. The van der Waals surface area contributed by atoms with Crippen LogP contribution >= 0.6 is 0 Å². The summed E-state index contributed by atoms with van der Waals surface area (Å²) in [6.45, 7) is 6.02. The molecule has 0 saturated carbocycles. The number of carbonyl (C=O) groups excluding carboxylic acids is 1. The number of ketones is 1. The molecule has 23 heavy (non-hydrogen) atoms. The first kappa shape index (κ1) is 19.7. The molecule has 1 aromatic carbocycles. The van der Waals surface area contributed by atoms with Crippen molar-refractivity contribution in [3.05, 3.63) is 28.8 Å². The quantitative estimate of drug-likeness (QED) is 0.497. The predicted molar refractivity (Wildman–Crippen MR) is 98.2 cm³/mol. The van der Waals surface area contributed by atoms with E-state index in [1.54, 1.807) is 6.92 Å². The predicted octanol–water partition coefficient (Wildman–Crippen LogP) is 5.77. The lowest BCUT2D eigenvalue weighted by molar-refractivity contribution is -0.116. The fourth-order valence-corrected chi connectivity index (χ4v) is 3.07. The lowest BCUT2D eigenvalue weighted by Gasteiger charge is -2.13. The van der Waals surface area contributed by atoms with Crippen LogP contribution in [0, 0.1) is 0 Å². The lowest BCUT2D eigenvalue weighted by Crippen LogP contribution is -2.01. The molecule has 0 bridgehead atoms. The molecule has 0 aliphatic rings. The SMILES string of the molecule is CCCCCCc1cc(CCCCCC)c(O)c(CC(C)=O)c1. The second kappa shape index (κ2) is 11.3. The van der Waals surface area contributed by atoms with Crippen molar-refractivity contribution in [1.82, 2.24) is 0 Å². The van der Waals surface area contributed by atoms with Gasteiger partial charge in [0.1, 0.15) is 11.5 Å². The van der Waals surface area contributed by atoms with Crippen LogP contribution in [-0.4, -0.2) is 10.9 Å². The Bertz CT molecular complexity index is 477. The second-order valence-corrected chi connectivity index (χ2v) is 6.76. The highest BCUT2D eigenvalue weighted by atomic mass is 16.3. The molecule has 130 valence electrons.